The van der Waals surface area contributed by atoms with Crippen LogP contribution in [0.4, 0.5) is 20.4 Å². The van der Waals surface area contributed by atoms with E-state index in [0.717, 1.165) is 5.69 Å². The molecule has 7 nitrogen and oxygen atoms in total. The van der Waals surface area contributed by atoms with Gasteiger partial charge >= 0.3 is 5.97 Å². The lowest BCUT2D eigenvalue weighted by atomic mass is 9.71. The molecule has 1 aliphatic heterocycles. The van der Waals surface area contributed by atoms with E-state index in [1.807, 2.05) is 20.8 Å². The number of anilines is 2. The van der Waals surface area contributed by atoms with Crippen LogP contribution in [0.2, 0.25) is 5.02 Å². The van der Waals surface area contributed by atoms with Gasteiger partial charge in [-0.25, -0.2) is 13.8 Å². The van der Waals surface area contributed by atoms with E-state index >= 15 is 0 Å². The SMILES string of the molecule is Cc1cc(Nc2ccc(F)c(C[C@@]3(C(=O)O)CCN([C@@H](C)c4cccc(Cl)c4F)[C@H](C)C3)n2)n[nH]1. The third kappa shape index (κ3) is 5.16. The molecule has 10 heteroatoms. The van der Waals surface area contributed by atoms with E-state index in [2.05, 4.69) is 25.4 Å². The molecule has 3 heterocycles. The minimum absolute atomic E-state index is 0.0542. The first kappa shape index (κ1) is 25.1. The first-order valence-electron chi connectivity index (χ1n) is 11.5. The molecule has 0 aliphatic carbocycles. The molecular formula is C25H28ClF2N5O2. The number of pyridine rings is 1. The van der Waals surface area contributed by atoms with Gasteiger partial charge in [0.25, 0.3) is 0 Å². The Labute approximate surface area is 207 Å². The van der Waals surface area contributed by atoms with Crippen molar-refractivity contribution in [3.63, 3.8) is 0 Å². The van der Waals surface area contributed by atoms with Crippen LogP contribution >= 0.6 is 11.6 Å². The molecule has 2 aromatic heterocycles. The van der Waals surface area contributed by atoms with Gasteiger partial charge in [0.05, 0.1) is 16.1 Å². The summed E-state index contributed by atoms with van der Waals surface area (Å²) < 4.78 is 29.4. The quantitative estimate of drug-likeness (QED) is 0.386. The van der Waals surface area contributed by atoms with Crippen LogP contribution in [-0.2, 0) is 11.2 Å². The average molecular weight is 504 g/mol. The minimum Gasteiger partial charge on any atom is -0.481 e. The summed E-state index contributed by atoms with van der Waals surface area (Å²) in [4.78, 5) is 18.9. The normalized spacial score (nSPS) is 21.6. The van der Waals surface area contributed by atoms with Crippen LogP contribution in [0.1, 0.15) is 49.7 Å². The fourth-order valence-electron chi connectivity index (χ4n) is 4.99. The topological polar surface area (TPSA) is 94.1 Å². The molecule has 4 rings (SSSR count). The second kappa shape index (κ2) is 9.91. The Morgan fingerprint density at radius 1 is 1.34 bits per heavy atom. The average Bonchev–Trinajstić information content (AvgIpc) is 3.22. The van der Waals surface area contributed by atoms with E-state index in [4.69, 9.17) is 11.6 Å². The predicted octanol–water partition coefficient (Wildman–Crippen LogP) is 5.65. The number of carbonyl (C=O) groups is 1. The van der Waals surface area contributed by atoms with Crippen molar-refractivity contribution in [2.45, 2.75) is 52.1 Å². The van der Waals surface area contributed by atoms with Crippen LogP contribution in [0, 0.1) is 24.0 Å². The first-order chi connectivity index (χ1) is 16.6. The Balaban J connectivity index is 1.55. The van der Waals surface area contributed by atoms with Gasteiger partial charge in [-0.05, 0) is 51.8 Å². The van der Waals surface area contributed by atoms with E-state index in [1.54, 1.807) is 18.2 Å². The lowest BCUT2D eigenvalue weighted by Crippen LogP contribution is -2.51. The number of nitrogens with one attached hydrogen (secondary N) is 2. The Hall–Kier alpha value is -3.04. The number of nitrogens with zero attached hydrogens (tertiary/aromatic N) is 3. The van der Waals surface area contributed by atoms with Crippen molar-refractivity contribution in [3.8, 4) is 0 Å². The summed E-state index contributed by atoms with van der Waals surface area (Å²) in [5.41, 5.74) is 0.205. The van der Waals surface area contributed by atoms with Gasteiger partial charge in [0, 0.05) is 42.4 Å². The van der Waals surface area contributed by atoms with E-state index in [-0.39, 0.29) is 42.1 Å². The molecule has 3 aromatic rings. The molecule has 1 fully saturated rings. The highest BCUT2D eigenvalue weighted by Gasteiger charge is 2.46. The number of piperidine rings is 1. The fourth-order valence-corrected chi connectivity index (χ4v) is 5.17. The van der Waals surface area contributed by atoms with Crippen LogP contribution < -0.4 is 5.32 Å². The van der Waals surface area contributed by atoms with Crippen molar-refractivity contribution in [3.05, 3.63) is 70.0 Å². The highest BCUT2D eigenvalue weighted by atomic mass is 35.5. The number of aromatic nitrogens is 3. The molecule has 1 aromatic carbocycles. The number of benzene rings is 1. The third-order valence-electron chi connectivity index (χ3n) is 6.87. The van der Waals surface area contributed by atoms with Gasteiger partial charge in [-0.15, -0.1) is 0 Å². The maximum Gasteiger partial charge on any atom is 0.310 e. The molecule has 1 aliphatic rings. The Kier molecular flexibility index (Phi) is 7.10. The zero-order chi connectivity index (χ0) is 25.3. The van der Waals surface area contributed by atoms with Crippen molar-refractivity contribution in [1.82, 2.24) is 20.1 Å². The van der Waals surface area contributed by atoms with Crippen LogP contribution in [0.5, 0.6) is 0 Å². The molecule has 3 atom stereocenters. The Morgan fingerprint density at radius 3 is 2.77 bits per heavy atom. The summed E-state index contributed by atoms with van der Waals surface area (Å²) in [7, 11) is 0. The standard InChI is InChI=1S/C25H28ClF2N5O2/c1-14-11-22(32-31-14)30-21-8-7-19(27)20(29-21)13-25(24(34)35)9-10-33(15(2)12-25)16(3)17-5-4-6-18(26)23(17)28/h4-8,11,15-16H,9-10,12-13H2,1-3H3,(H,34,35)(H2,29,30,31,32)/t15-,16+,25-/m1/s1. The number of aryl methyl sites for hydroxylation is 1. The Morgan fingerprint density at radius 2 is 2.11 bits per heavy atom. The van der Waals surface area contributed by atoms with Crippen molar-refractivity contribution in [2.75, 3.05) is 11.9 Å². The highest BCUT2D eigenvalue weighted by molar-refractivity contribution is 6.30. The number of aromatic amines is 1. The number of H-pyrrole nitrogens is 1. The van der Waals surface area contributed by atoms with Crippen molar-refractivity contribution in [2.24, 2.45) is 5.41 Å². The number of hydrogen-bond donors (Lipinski definition) is 3. The number of carboxylic acid groups (broad SMARTS) is 1. The molecule has 0 saturated carbocycles. The van der Waals surface area contributed by atoms with Gasteiger partial charge in [-0.2, -0.15) is 5.10 Å². The largest absolute Gasteiger partial charge is 0.481 e. The second-order valence-corrected chi connectivity index (χ2v) is 9.72. The number of halogens is 3. The van der Waals surface area contributed by atoms with E-state index in [0.29, 0.717) is 23.7 Å². The first-order valence-corrected chi connectivity index (χ1v) is 11.8. The molecule has 0 spiro atoms. The lowest BCUT2D eigenvalue weighted by Gasteiger charge is -2.46. The predicted molar refractivity (Wildman–Crippen MR) is 130 cm³/mol. The fraction of sp³-hybridized carbons (Fsp3) is 0.400. The highest BCUT2D eigenvalue weighted by Crippen LogP contribution is 2.42. The van der Waals surface area contributed by atoms with Gasteiger partial charge in [0.1, 0.15) is 17.5 Å². The van der Waals surface area contributed by atoms with Gasteiger partial charge in [-0.1, -0.05) is 23.7 Å². The molecule has 1 saturated heterocycles. The summed E-state index contributed by atoms with van der Waals surface area (Å²) in [6.45, 7) is 6.06. The van der Waals surface area contributed by atoms with Crippen molar-refractivity contribution >= 4 is 29.2 Å². The molecule has 3 N–H and O–H groups in total. The summed E-state index contributed by atoms with van der Waals surface area (Å²) in [6, 6.07) is 8.96. The van der Waals surface area contributed by atoms with Crippen LogP contribution in [-0.4, -0.2) is 43.7 Å². The lowest BCUT2D eigenvalue weighted by molar-refractivity contribution is -0.154. The summed E-state index contributed by atoms with van der Waals surface area (Å²) >= 11 is 5.97. The number of likely N-dealkylation sites (tertiary alicyclic amines) is 1. The molecule has 35 heavy (non-hydrogen) atoms. The van der Waals surface area contributed by atoms with Gasteiger partial charge in [0.2, 0.25) is 0 Å². The maximum atomic E-state index is 14.7. The molecule has 0 unspecified atom stereocenters. The van der Waals surface area contributed by atoms with Gasteiger partial charge in [0.15, 0.2) is 5.82 Å². The van der Waals surface area contributed by atoms with E-state index in [1.165, 1.54) is 18.2 Å². The molecule has 186 valence electrons. The van der Waals surface area contributed by atoms with Crippen LogP contribution in [0.15, 0.2) is 36.4 Å². The van der Waals surface area contributed by atoms with E-state index < -0.39 is 23.0 Å². The molecule has 0 amide bonds. The zero-order valence-electron chi connectivity index (χ0n) is 19.8. The smallest absolute Gasteiger partial charge is 0.310 e. The summed E-state index contributed by atoms with van der Waals surface area (Å²) in [5, 5.41) is 20.2. The van der Waals surface area contributed by atoms with Crippen LogP contribution in [0.3, 0.4) is 0 Å². The monoisotopic (exact) mass is 503 g/mol. The van der Waals surface area contributed by atoms with Crippen LogP contribution in [0.25, 0.3) is 0 Å². The molecule has 0 bridgehead atoms. The number of carboxylic acids is 1. The van der Waals surface area contributed by atoms with E-state index in [9.17, 15) is 18.7 Å². The molecular weight excluding hydrogens is 476 g/mol. The number of aliphatic carboxylic acids is 1. The number of rotatable bonds is 7. The zero-order valence-corrected chi connectivity index (χ0v) is 20.5. The summed E-state index contributed by atoms with van der Waals surface area (Å²) in [5.74, 6) is -1.10. The van der Waals surface area contributed by atoms with Gasteiger partial charge in [-0.3, -0.25) is 14.8 Å². The summed E-state index contributed by atoms with van der Waals surface area (Å²) in [6.07, 6.45) is 0.490. The third-order valence-corrected chi connectivity index (χ3v) is 7.16. The molecule has 0 radical (unpaired) electrons. The minimum atomic E-state index is -1.20. The Bertz CT molecular complexity index is 1240. The van der Waals surface area contributed by atoms with Crippen molar-refractivity contribution in [1.29, 1.82) is 0 Å². The maximum absolute atomic E-state index is 14.7. The van der Waals surface area contributed by atoms with Crippen molar-refractivity contribution < 1.29 is 18.7 Å². The second-order valence-electron chi connectivity index (χ2n) is 9.31. The van der Waals surface area contributed by atoms with Gasteiger partial charge < -0.3 is 10.4 Å². The number of hydrogen-bond acceptors (Lipinski definition) is 5.